The van der Waals surface area contributed by atoms with Crippen LogP contribution in [0.1, 0.15) is 11.1 Å². The van der Waals surface area contributed by atoms with E-state index in [4.69, 9.17) is 0 Å². The molecule has 0 spiro atoms. The molecule has 0 fully saturated rings. The van der Waals surface area contributed by atoms with Crippen LogP contribution in [-0.4, -0.2) is 25.2 Å². The van der Waals surface area contributed by atoms with Gasteiger partial charge in [0, 0.05) is 13.0 Å². The van der Waals surface area contributed by atoms with Gasteiger partial charge in [-0.25, -0.2) is 0 Å². The van der Waals surface area contributed by atoms with Crippen LogP contribution in [0.4, 0.5) is 0 Å². The molecule has 1 aliphatic heterocycles. The highest BCUT2D eigenvalue weighted by atomic mass is 15.3. The molecule has 0 aliphatic carbocycles. The molecule has 1 aliphatic rings. The van der Waals surface area contributed by atoms with E-state index in [0.29, 0.717) is 0 Å². The van der Waals surface area contributed by atoms with E-state index in [1.165, 1.54) is 11.1 Å². The van der Waals surface area contributed by atoms with Crippen molar-refractivity contribution in [1.82, 2.24) is 10.3 Å². The van der Waals surface area contributed by atoms with Gasteiger partial charge in [-0.3, -0.25) is 0 Å². The third-order valence-electron chi connectivity index (χ3n) is 2.50. The fraction of sp³-hybridized carbons (Fsp3) is 0.308. The Hall–Kier alpha value is -1.61. The number of hydrogen-bond acceptors (Lipinski definition) is 2. The van der Waals surface area contributed by atoms with Gasteiger partial charge in [-0.15, -0.1) is 0 Å². The van der Waals surface area contributed by atoms with E-state index in [-0.39, 0.29) is 0 Å². The first kappa shape index (κ1) is 10.9. The maximum absolute atomic E-state index is 4.07. The molecule has 1 aromatic carbocycles. The fourth-order valence-electron chi connectivity index (χ4n) is 1.77. The number of rotatable bonds is 4. The second-order valence-electron chi connectivity index (χ2n) is 4.21. The van der Waals surface area contributed by atoms with E-state index < -0.39 is 0 Å². The molecule has 0 saturated heterocycles. The summed E-state index contributed by atoms with van der Waals surface area (Å²) in [6.07, 6.45) is 4.57. The standard InChI is InChI=1S/C13H16N3/c1-16(2)10-12-6-4-3-5-11(12)9-13-7-8-14-15-13/h3-8H,9-10H2,1-2H3. The van der Waals surface area contributed by atoms with Crippen LogP contribution in [0.2, 0.25) is 0 Å². The van der Waals surface area contributed by atoms with Crippen molar-refractivity contribution >= 4 is 6.21 Å². The van der Waals surface area contributed by atoms with Crippen molar-refractivity contribution < 1.29 is 0 Å². The lowest BCUT2D eigenvalue weighted by molar-refractivity contribution is 0.401. The van der Waals surface area contributed by atoms with Crippen molar-refractivity contribution in [3.8, 4) is 0 Å². The highest BCUT2D eigenvalue weighted by Crippen LogP contribution is 2.15. The Morgan fingerprint density at radius 1 is 1.12 bits per heavy atom. The van der Waals surface area contributed by atoms with Gasteiger partial charge in [-0.05, 0) is 31.3 Å². The summed E-state index contributed by atoms with van der Waals surface area (Å²) in [5, 5.41) is 3.85. The Labute approximate surface area is 96.5 Å². The molecule has 1 heterocycles. The zero-order chi connectivity index (χ0) is 11.4. The van der Waals surface area contributed by atoms with Crippen molar-refractivity contribution in [2.75, 3.05) is 14.1 Å². The molecule has 0 saturated carbocycles. The minimum Gasteiger partial charge on any atom is -0.305 e. The van der Waals surface area contributed by atoms with E-state index in [0.717, 1.165) is 18.7 Å². The highest BCUT2D eigenvalue weighted by molar-refractivity contribution is 5.74. The first-order valence-electron chi connectivity index (χ1n) is 5.40. The summed E-state index contributed by atoms with van der Waals surface area (Å²) in [6.45, 7) is 0.963. The molecule has 0 unspecified atom stereocenters. The molecule has 83 valence electrons. The van der Waals surface area contributed by atoms with Gasteiger partial charge >= 0.3 is 0 Å². The molecular formula is C13H16N3. The Bertz CT molecular complexity index is 419. The Morgan fingerprint density at radius 2 is 1.88 bits per heavy atom. The molecule has 3 heteroatoms. The molecule has 0 amide bonds. The lowest BCUT2D eigenvalue weighted by Gasteiger charge is -2.13. The molecule has 3 nitrogen and oxygen atoms in total. The average Bonchev–Trinajstić information content (AvgIpc) is 2.73. The van der Waals surface area contributed by atoms with Gasteiger partial charge in [0.25, 0.3) is 0 Å². The zero-order valence-electron chi connectivity index (χ0n) is 9.72. The Morgan fingerprint density at radius 3 is 2.50 bits per heavy atom. The van der Waals surface area contributed by atoms with Gasteiger partial charge in [0.2, 0.25) is 0 Å². The third-order valence-corrected chi connectivity index (χ3v) is 2.50. The molecule has 1 aromatic rings. The van der Waals surface area contributed by atoms with Gasteiger partial charge in [0.15, 0.2) is 0 Å². The fourth-order valence-corrected chi connectivity index (χ4v) is 1.77. The molecular weight excluding hydrogens is 198 g/mol. The molecule has 0 aromatic heterocycles. The summed E-state index contributed by atoms with van der Waals surface area (Å²) < 4.78 is 0. The summed E-state index contributed by atoms with van der Waals surface area (Å²) in [5.74, 6) is 0. The van der Waals surface area contributed by atoms with Crippen LogP contribution in [0, 0.1) is 0 Å². The Kier molecular flexibility index (Phi) is 3.37. The first-order valence-corrected chi connectivity index (χ1v) is 5.40. The molecule has 0 atom stereocenters. The first-order chi connectivity index (χ1) is 7.75. The van der Waals surface area contributed by atoms with Crippen LogP contribution in [0.25, 0.3) is 0 Å². The van der Waals surface area contributed by atoms with Gasteiger partial charge in [0.05, 0.1) is 11.9 Å². The smallest absolute Gasteiger partial charge is 0.0690 e. The van der Waals surface area contributed by atoms with Crippen LogP contribution in [0.5, 0.6) is 0 Å². The van der Waals surface area contributed by atoms with Crippen molar-refractivity contribution in [2.45, 2.75) is 13.0 Å². The summed E-state index contributed by atoms with van der Waals surface area (Å²) in [6, 6.07) is 8.49. The minimum atomic E-state index is 0.865. The summed E-state index contributed by atoms with van der Waals surface area (Å²) >= 11 is 0. The number of benzene rings is 1. The monoisotopic (exact) mass is 214 g/mol. The normalized spacial score (nSPS) is 14.1. The number of allylic oxidation sites excluding steroid dienone is 2. The van der Waals surface area contributed by atoms with Crippen LogP contribution >= 0.6 is 0 Å². The quantitative estimate of drug-likeness (QED) is 0.751. The molecule has 2 rings (SSSR count). The van der Waals surface area contributed by atoms with Crippen molar-refractivity contribution in [1.29, 1.82) is 0 Å². The highest BCUT2D eigenvalue weighted by Gasteiger charge is 2.08. The third kappa shape index (κ3) is 2.70. The number of hydrogen-bond donors (Lipinski definition) is 0. The predicted octanol–water partition coefficient (Wildman–Crippen LogP) is 1.78. The van der Waals surface area contributed by atoms with E-state index in [9.17, 15) is 0 Å². The Balaban J connectivity index is 2.13. The second-order valence-corrected chi connectivity index (χ2v) is 4.21. The molecule has 16 heavy (non-hydrogen) atoms. The average molecular weight is 214 g/mol. The summed E-state index contributed by atoms with van der Waals surface area (Å²) in [5.41, 5.74) is 7.79. The molecule has 1 radical (unpaired) electrons. The van der Waals surface area contributed by atoms with E-state index in [1.807, 2.05) is 6.08 Å². The van der Waals surface area contributed by atoms with E-state index in [2.05, 4.69) is 53.8 Å². The topological polar surface area (TPSA) is 29.7 Å². The van der Waals surface area contributed by atoms with Crippen LogP contribution < -0.4 is 5.43 Å². The maximum atomic E-state index is 4.07. The van der Waals surface area contributed by atoms with Crippen LogP contribution in [-0.2, 0) is 13.0 Å². The SMILES string of the molecule is CN(C)Cc1ccccc1CC1=CC=N[N]1. The van der Waals surface area contributed by atoms with Gasteiger partial charge < -0.3 is 4.90 Å². The van der Waals surface area contributed by atoms with Crippen molar-refractivity contribution in [2.24, 2.45) is 5.10 Å². The summed E-state index contributed by atoms with van der Waals surface area (Å²) in [4.78, 5) is 2.18. The van der Waals surface area contributed by atoms with Crippen LogP contribution in [0.15, 0.2) is 41.1 Å². The molecule has 0 bridgehead atoms. The zero-order valence-corrected chi connectivity index (χ0v) is 9.72. The van der Waals surface area contributed by atoms with Gasteiger partial charge in [-0.1, -0.05) is 24.3 Å². The van der Waals surface area contributed by atoms with Gasteiger partial charge in [0.1, 0.15) is 0 Å². The largest absolute Gasteiger partial charge is 0.305 e. The van der Waals surface area contributed by atoms with Gasteiger partial charge in [-0.2, -0.15) is 10.5 Å². The van der Waals surface area contributed by atoms with E-state index >= 15 is 0 Å². The predicted molar refractivity (Wildman–Crippen MR) is 66.2 cm³/mol. The lowest BCUT2D eigenvalue weighted by atomic mass is 10.0. The second kappa shape index (κ2) is 4.94. The maximum Gasteiger partial charge on any atom is 0.0690 e. The molecule has 0 N–H and O–H groups in total. The summed E-state index contributed by atoms with van der Waals surface area (Å²) in [7, 11) is 4.16. The van der Waals surface area contributed by atoms with Crippen LogP contribution in [0.3, 0.4) is 0 Å². The van der Waals surface area contributed by atoms with Crippen molar-refractivity contribution in [3.63, 3.8) is 0 Å². The number of nitrogens with zero attached hydrogens (tertiary/aromatic N) is 3. The van der Waals surface area contributed by atoms with E-state index in [1.54, 1.807) is 6.21 Å². The minimum absolute atomic E-state index is 0.865. The lowest BCUT2D eigenvalue weighted by Crippen LogP contribution is -2.12. The van der Waals surface area contributed by atoms with Crippen molar-refractivity contribution in [3.05, 3.63) is 47.2 Å².